The van der Waals surface area contributed by atoms with Crippen LogP contribution in [0.4, 0.5) is 0 Å². The predicted molar refractivity (Wildman–Crippen MR) is 113 cm³/mol. The van der Waals surface area contributed by atoms with Gasteiger partial charge in [0.05, 0.1) is 11.1 Å². The number of benzene rings is 5. The molecule has 5 aromatic rings. The Morgan fingerprint density at radius 2 is 0.821 bits per heavy atom. The van der Waals surface area contributed by atoms with Gasteiger partial charge in [0.1, 0.15) is 0 Å². The van der Waals surface area contributed by atoms with Gasteiger partial charge in [0, 0.05) is 59.1 Å². The molecule has 0 spiro atoms. The van der Waals surface area contributed by atoms with Gasteiger partial charge in [-0.1, -0.05) is 48.5 Å². The van der Waals surface area contributed by atoms with E-state index < -0.39 is 11.9 Å². The van der Waals surface area contributed by atoms with Gasteiger partial charge in [-0.3, -0.25) is 0 Å². The average molecular weight is 386 g/mol. The fraction of sp³-hybridized carbons (Fsp3) is 0. The minimum absolute atomic E-state index is 0. The van der Waals surface area contributed by atoms with Crippen LogP contribution in [0.1, 0.15) is 20.7 Å². The summed E-state index contributed by atoms with van der Waals surface area (Å²) in [4.78, 5) is 23.3. The van der Waals surface area contributed by atoms with Crippen molar-refractivity contribution >= 4 is 114 Å². The third-order valence-electron chi connectivity index (χ3n) is 5.12. The molecule has 0 saturated heterocycles. The number of carboxylic acids is 2. The second-order valence-corrected chi connectivity index (χ2v) is 6.39. The van der Waals surface area contributed by atoms with Crippen molar-refractivity contribution in [1.29, 1.82) is 0 Å². The van der Waals surface area contributed by atoms with E-state index in [1.165, 1.54) is 0 Å². The second kappa shape index (κ2) is 7.64. The van der Waals surface area contributed by atoms with Crippen molar-refractivity contribution in [2.45, 2.75) is 0 Å². The summed E-state index contributed by atoms with van der Waals surface area (Å²) in [5.41, 5.74) is 0.534. The maximum absolute atomic E-state index is 11.6. The van der Waals surface area contributed by atoms with Gasteiger partial charge in [-0.2, -0.15) is 0 Å². The summed E-state index contributed by atoms with van der Waals surface area (Å²) in [5.74, 6) is -1.92. The first-order chi connectivity index (χ1) is 12.6. The Bertz CT molecular complexity index is 1260. The summed E-state index contributed by atoms with van der Waals surface area (Å²) in [7, 11) is 0. The van der Waals surface area contributed by atoms with Crippen LogP contribution >= 0.6 is 0 Å². The molecule has 0 unspecified atom stereocenters. The summed E-state index contributed by atoms with van der Waals surface area (Å²) in [6.07, 6.45) is 0. The molecule has 0 aromatic heterocycles. The van der Waals surface area contributed by atoms with Crippen molar-refractivity contribution in [3.05, 3.63) is 71.8 Å². The molecule has 6 heteroatoms. The Hall–Kier alpha value is -1.66. The molecule has 0 saturated carbocycles. The summed E-state index contributed by atoms with van der Waals surface area (Å²) in [5, 5.41) is 26.0. The number of carbonyl (C=O) groups is 2. The van der Waals surface area contributed by atoms with Crippen LogP contribution in [0.3, 0.4) is 0 Å². The molecule has 2 radical (unpaired) electrons. The van der Waals surface area contributed by atoms with Crippen LogP contribution in [0.5, 0.6) is 0 Å². The zero-order valence-electron chi connectivity index (χ0n) is 15.5. The van der Waals surface area contributed by atoms with Crippen LogP contribution in [0.25, 0.3) is 43.1 Å². The molecule has 0 bridgehead atoms. The molecule has 0 aliphatic rings. The largest absolute Gasteiger partial charge is 0.478 e. The summed E-state index contributed by atoms with van der Waals surface area (Å²) >= 11 is 0. The number of fused-ring (bicyclic) bond motifs is 2. The molecule has 28 heavy (non-hydrogen) atoms. The molecular formula is C22H12Na2O4. The quantitative estimate of drug-likeness (QED) is 0.268. The third kappa shape index (κ3) is 2.84. The first-order valence-electron chi connectivity index (χ1n) is 8.16. The minimum atomic E-state index is -0.959. The molecule has 2 N–H and O–H groups in total. The van der Waals surface area contributed by atoms with Crippen LogP contribution in [0.2, 0.25) is 0 Å². The Morgan fingerprint density at radius 3 is 1.18 bits per heavy atom. The second-order valence-electron chi connectivity index (χ2n) is 6.39. The number of aromatic carboxylic acids is 2. The fourth-order valence-corrected chi connectivity index (χ4v) is 4.08. The van der Waals surface area contributed by atoms with Crippen LogP contribution < -0.4 is 0 Å². The van der Waals surface area contributed by atoms with E-state index in [1.807, 2.05) is 48.5 Å². The van der Waals surface area contributed by atoms with Crippen molar-refractivity contribution < 1.29 is 19.8 Å². The van der Waals surface area contributed by atoms with Crippen LogP contribution in [0.15, 0.2) is 60.7 Å². The van der Waals surface area contributed by atoms with Crippen LogP contribution in [0, 0.1) is 0 Å². The molecule has 0 atom stereocenters. The van der Waals surface area contributed by atoms with Crippen molar-refractivity contribution in [1.82, 2.24) is 0 Å². The van der Waals surface area contributed by atoms with Gasteiger partial charge in [-0.15, -0.1) is 0 Å². The molecule has 126 valence electrons. The van der Waals surface area contributed by atoms with E-state index in [1.54, 1.807) is 12.1 Å². The predicted octanol–water partition coefficient (Wildman–Crippen LogP) is 4.37. The number of hydrogen-bond donors (Lipinski definition) is 2. The Labute approximate surface area is 204 Å². The van der Waals surface area contributed by atoms with Crippen LogP contribution in [-0.2, 0) is 0 Å². The number of rotatable bonds is 2. The summed E-state index contributed by atoms with van der Waals surface area (Å²) < 4.78 is 0. The van der Waals surface area contributed by atoms with E-state index in [9.17, 15) is 19.8 Å². The number of hydrogen-bond acceptors (Lipinski definition) is 2. The fourth-order valence-electron chi connectivity index (χ4n) is 4.08. The van der Waals surface area contributed by atoms with Gasteiger partial charge in [-0.25, -0.2) is 9.59 Å². The Balaban J connectivity index is 0.00000112. The van der Waals surface area contributed by atoms with Crippen LogP contribution in [-0.4, -0.2) is 81.3 Å². The minimum Gasteiger partial charge on any atom is -0.478 e. The SMILES string of the molecule is O=C(O)c1ccc2c3cccc4c(C(=O)O)ccc(c5cccc1c52)c43.[Na].[Na]. The molecule has 0 amide bonds. The topological polar surface area (TPSA) is 74.6 Å². The van der Waals surface area contributed by atoms with E-state index >= 15 is 0 Å². The number of carboxylic acid groups (broad SMARTS) is 2. The monoisotopic (exact) mass is 386 g/mol. The molecule has 0 aliphatic heterocycles. The zero-order chi connectivity index (χ0) is 18.0. The molecule has 0 fully saturated rings. The molecule has 5 rings (SSSR count). The zero-order valence-corrected chi connectivity index (χ0v) is 19.5. The van der Waals surface area contributed by atoms with Gasteiger partial charge < -0.3 is 10.2 Å². The van der Waals surface area contributed by atoms with E-state index in [0.29, 0.717) is 10.8 Å². The molecular weight excluding hydrogens is 374 g/mol. The van der Waals surface area contributed by atoms with Crippen molar-refractivity contribution in [3.63, 3.8) is 0 Å². The first-order valence-corrected chi connectivity index (χ1v) is 8.16. The first kappa shape index (κ1) is 21.1. The van der Waals surface area contributed by atoms with E-state index in [0.717, 1.165) is 32.3 Å². The third-order valence-corrected chi connectivity index (χ3v) is 5.12. The maximum Gasteiger partial charge on any atom is 0.336 e. The van der Waals surface area contributed by atoms with Gasteiger partial charge in [0.2, 0.25) is 0 Å². The molecule has 5 aromatic carbocycles. The van der Waals surface area contributed by atoms with Crippen molar-refractivity contribution in [2.24, 2.45) is 0 Å². The maximum atomic E-state index is 11.6. The standard InChI is InChI=1S/C22H12O4.2Na/c23-21(24)17-9-8-16-12-4-2-6-14-18(22(25)26)10-7-15(20(12)14)11-3-1-5-13(17)19(11)16;;/h1-10H,(H,23,24)(H,25,26);;. The van der Waals surface area contributed by atoms with Gasteiger partial charge in [0.15, 0.2) is 0 Å². The Morgan fingerprint density at radius 1 is 0.500 bits per heavy atom. The molecule has 0 aliphatic carbocycles. The summed E-state index contributed by atoms with van der Waals surface area (Å²) in [6.45, 7) is 0. The van der Waals surface area contributed by atoms with E-state index in [2.05, 4.69) is 0 Å². The average Bonchev–Trinajstić information content (AvgIpc) is 2.64. The molecule has 4 nitrogen and oxygen atoms in total. The van der Waals surface area contributed by atoms with Crippen molar-refractivity contribution in [2.75, 3.05) is 0 Å². The normalized spacial score (nSPS) is 10.9. The van der Waals surface area contributed by atoms with E-state index in [-0.39, 0.29) is 70.2 Å². The van der Waals surface area contributed by atoms with E-state index in [4.69, 9.17) is 0 Å². The van der Waals surface area contributed by atoms with Gasteiger partial charge >= 0.3 is 11.9 Å². The smallest absolute Gasteiger partial charge is 0.336 e. The summed E-state index contributed by atoms with van der Waals surface area (Å²) in [6, 6.07) is 18.1. The Kier molecular flexibility index (Phi) is 5.74. The van der Waals surface area contributed by atoms with Crippen molar-refractivity contribution in [3.8, 4) is 0 Å². The molecule has 0 heterocycles. The van der Waals surface area contributed by atoms with Gasteiger partial charge in [-0.05, 0) is 55.2 Å². The van der Waals surface area contributed by atoms with Gasteiger partial charge in [0.25, 0.3) is 0 Å².